The zero-order chi connectivity index (χ0) is 11.4. The first-order valence-corrected chi connectivity index (χ1v) is 5.30. The molecule has 1 aromatic carbocycles. The Morgan fingerprint density at radius 2 is 2.06 bits per heavy atom. The minimum Gasteiger partial charge on any atom is -0.491 e. The van der Waals surface area contributed by atoms with E-state index in [2.05, 4.69) is 27.5 Å². The number of nitrogens with one attached hydrogen (secondary N) is 1. The molecule has 84 valence electrons. The number of hydrogen-bond acceptors (Lipinski definition) is 4. The van der Waals surface area contributed by atoms with Gasteiger partial charge in [-0.2, -0.15) is 5.21 Å². The van der Waals surface area contributed by atoms with Gasteiger partial charge < -0.3 is 4.74 Å². The molecule has 1 N–H and O–H groups in total. The van der Waals surface area contributed by atoms with Crippen molar-refractivity contribution in [3.05, 3.63) is 24.3 Å². The summed E-state index contributed by atoms with van der Waals surface area (Å²) >= 11 is 0. The molecule has 1 aromatic heterocycles. The molecule has 0 fully saturated rings. The number of tetrazole rings is 1. The summed E-state index contributed by atoms with van der Waals surface area (Å²) in [5, 5.41) is 13.7. The molecule has 0 saturated carbocycles. The fourth-order valence-corrected chi connectivity index (χ4v) is 1.28. The van der Waals surface area contributed by atoms with Crippen molar-refractivity contribution in [1.82, 2.24) is 20.6 Å². The van der Waals surface area contributed by atoms with Gasteiger partial charge >= 0.3 is 0 Å². The van der Waals surface area contributed by atoms with E-state index in [4.69, 9.17) is 4.74 Å². The largest absolute Gasteiger partial charge is 0.491 e. The Bertz CT molecular complexity index is 424. The number of aromatic amines is 1. The van der Waals surface area contributed by atoms with Gasteiger partial charge in [0, 0.05) is 5.56 Å². The minimum atomic E-state index is 0.232. The van der Waals surface area contributed by atoms with Gasteiger partial charge in [-0.25, -0.2) is 0 Å². The van der Waals surface area contributed by atoms with Crippen LogP contribution in [0.2, 0.25) is 0 Å². The lowest BCUT2D eigenvalue weighted by molar-refractivity contribution is 0.217. The van der Waals surface area contributed by atoms with E-state index in [0.29, 0.717) is 5.82 Å². The normalized spacial score (nSPS) is 12.4. The van der Waals surface area contributed by atoms with Crippen LogP contribution < -0.4 is 4.74 Å². The Morgan fingerprint density at radius 3 is 2.62 bits per heavy atom. The van der Waals surface area contributed by atoms with Gasteiger partial charge in [0.1, 0.15) is 5.75 Å². The molecule has 5 nitrogen and oxygen atoms in total. The highest BCUT2D eigenvalue weighted by Crippen LogP contribution is 2.19. The number of benzene rings is 1. The van der Waals surface area contributed by atoms with E-state index < -0.39 is 0 Å². The Hall–Kier alpha value is -1.91. The monoisotopic (exact) mass is 218 g/mol. The highest BCUT2D eigenvalue weighted by Gasteiger charge is 2.04. The molecule has 5 heteroatoms. The fraction of sp³-hybridized carbons (Fsp3) is 0.364. The summed E-state index contributed by atoms with van der Waals surface area (Å²) in [6.45, 7) is 4.14. The van der Waals surface area contributed by atoms with Crippen LogP contribution in [0.3, 0.4) is 0 Å². The van der Waals surface area contributed by atoms with E-state index in [0.717, 1.165) is 17.7 Å². The second kappa shape index (κ2) is 4.74. The van der Waals surface area contributed by atoms with Crippen molar-refractivity contribution in [2.75, 3.05) is 0 Å². The smallest absolute Gasteiger partial charge is 0.204 e. The van der Waals surface area contributed by atoms with Crippen LogP contribution in [0.25, 0.3) is 11.4 Å². The summed E-state index contributed by atoms with van der Waals surface area (Å²) in [6, 6.07) is 7.67. The van der Waals surface area contributed by atoms with Crippen molar-refractivity contribution < 1.29 is 4.74 Å². The van der Waals surface area contributed by atoms with Crippen LogP contribution in [0.4, 0.5) is 0 Å². The Balaban J connectivity index is 2.11. The average Bonchev–Trinajstić information content (AvgIpc) is 2.83. The standard InChI is InChI=1S/C11H14N4O/c1-3-8(2)16-10-6-4-9(5-7-10)11-12-14-15-13-11/h4-8H,3H2,1-2H3,(H,12,13,14,15). The molecule has 0 spiro atoms. The van der Waals surface area contributed by atoms with Gasteiger partial charge in [-0.15, -0.1) is 10.2 Å². The van der Waals surface area contributed by atoms with Crippen molar-refractivity contribution in [2.24, 2.45) is 0 Å². The maximum Gasteiger partial charge on any atom is 0.204 e. The van der Waals surface area contributed by atoms with Gasteiger partial charge in [0.05, 0.1) is 6.10 Å². The second-order valence-corrected chi connectivity index (χ2v) is 3.60. The molecule has 16 heavy (non-hydrogen) atoms. The summed E-state index contributed by atoms with van der Waals surface area (Å²) in [5.41, 5.74) is 0.922. The lowest BCUT2D eigenvalue weighted by Crippen LogP contribution is -2.09. The predicted octanol–water partition coefficient (Wildman–Crippen LogP) is 2.04. The van der Waals surface area contributed by atoms with Crippen molar-refractivity contribution in [2.45, 2.75) is 26.4 Å². The highest BCUT2D eigenvalue weighted by atomic mass is 16.5. The predicted molar refractivity (Wildman–Crippen MR) is 60.0 cm³/mol. The molecule has 0 bridgehead atoms. The van der Waals surface area contributed by atoms with Crippen LogP contribution in [-0.2, 0) is 0 Å². The summed E-state index contributed by atoms with van der Waals surface area (Å²) in [4.78, 5) is 0. The maximum absolute atomic E-state index is 5.67. The average molecular weight is 218 g/mol. The highest BCUT2D eigenvalue weighted by molar-refractivity contribution is 5.54. The molecule has 1 atom stereocenters. The van der Waals surface area contributed by atoms with Gasteiger partial charge in [0.15, 0.2) is 0 Å². The minimum absolute atomic E-state index is 0.232. The van der Waals surface area contributed by atoms with Crippen molar-refractivity contribution in [3.63, 3.8) is 0 Å². The molecule has 0 saturated heterocycles. The van der Waals surface area contributed by atoms with E-state index in [1.54, 1.807) is 0 Å². The summed E-state index contributed by atoms with van der Waals surface area (Å²) in [6.07, 6.45) is 1.23. The van der Waals surface area contributed by atoms with E-state index in [1.807, 2.05) is 31.2 Å². The first-order valence-electron chi connectivity index (χ1n) is 5.30. The second-order valence-electron chi connectivity index (χ2n) is 3.60. The van der Waals surface area contributed by atoms with E-state index in [-0.39, 0.29) is 6.10 Å². The third kappa shape index (κ3) is 2.36. The van der Waals surface area contributed by atoms with Crippen LogP contribution in [0.5, 0.6) is 5.75 Å². The SMILES string of the molecule is CCC(C)Oc1ccc(-c2nn[nH]n2)cc1. The van der Waals surface area contributed by atoms with Gasteiger partial charge in [-0.05, 0) is 42.8 Å². The van der Waals surface area contributed by atoms with Crippen molar-refractivity contribution in [3.8, 4) is 17.1 Å². The Morgan fingerprint density at radius 1 is 1.31 bits per heavy atom. The van der Waals surface area contributed by atoms with Crippen LogP contribution >= 0.6 is 0 Å². The maximum atomic E-state index is 5.67. The van der Waals surface area contributed by atoms with Crippen LogP contribution in [-0.4, -0.2) is 26.7 Å². The first kappa shape index (κ1) is 10.6. The Labute approximate surface area is 93.8 Å². The topological polar surface area (TPSA) is 63.7 Å². The molecule has 0 aliphatic carbocycles. The van der Waals surface area contributed by atoms with E-state index in [1.165, 1.54) is 0 Å². The lowest BCUT2D eigenvalue weighted by atomic mass is 10.2. The molecular weight excluding hydrogens is 204 g/mol. The van der Waals surface area contributed by atoms with Crippen molar-refractivity contribution >= 4 is 0 Å². The summed E-state index contributed by atoms with van der Waals surface area (Å²) in [7, 11) is 0. The van der Waals surface area contributed by atoms with Gasteiger partial charge in [0.25, 0.3) is 0 Å². The number of aromatic nitrogens is 4. The number of hydrogen-bond donors (Lipinski definition) is 1. The fourth-order valence-electron chi connectivity index (χ4n) is 1.28. The molecular formula is C11H14N4O. The number of rotatable bonds is 4. The van der Waals surface area contributed by atoms with E-state index >= 15 is 0 Å². The molecule has 1 heterocycles. The Kier molecular flexibility index (Phi) is 3.14. The van der Waals surface area contributed by atoms with Gasteiger partial charge in [-0.1, -0.05) is 6.92 Å². The molecule has 0 aliphatic heterocycles. The summed E-state index contributed by atoms with van der Waals surface area (Å²) < 4.78 is 5.67. The van der Waals surface area contributed by atoms with Gasteiger partial charge in [0.2, 0.25) is 5.82 Å². The first-order chi connectivity index (χ1) is 7.79. The zero-order valence-electron chi connectivity index (χ0n) is 9.34. The third-order valence-corrected chi connectivity index (χ3v) is 2.37. The zero-order valence-corrected chi connectivity index (χ0v) is 9.34. The summed E-state index contributed by atoms with van der Waals surface area (Å²) in [5.74, 6) is 1.46. The quantitative estimate of drug-likeness (QED) is 0.853. The lowest BCUT2D eigenvalue weighted by Gasteiger charge is -2.12. The molecule has 0 radical (unpaired) electrons. The number of H-pyrrole nitrogens is 1. The van der Waals surface area contributed by atoms with Crippen LogP contribution in [0.1, 0.15) is 20.3 Å². The molecule has 2 aromatic rings. The molecule has 0 aliphatic rings. The number of nitrogens with zero attached hydrogens (tertiary/aromatic N) is 3. The molecule has 2 rings (SSSR count). The van der Waals surface area contributed by atoms with E-state index in [9.17, 15) is 0 Å². The number of ether oxygens (including phenoxy) is 1. The van der Waals surface area contributed by atoms with Crippen molar-refractivity contribution in [1.29, 1.82) is 0 Å². The molecule has 1 unspecified atom stereocenters. The van der Waals surface area contributed by atoms with Gasteiger partial charge in [-0.3, -0.25) is 0 Å². The van der Waals surface area contributed by atoms with Crippen LogP contribution in [0, 0.1) is 0 Å². The molecule has 0 amide bonds. The van der Waals surface area contributed by atoms with Crippen LogP contribution in [0.15, 0.2) is 24.3 Å². The third-order valence-electron chi connectivity index (χ3n) is 2.37.